The van der Waals surface area contributed by atoms with E-state index in [-0.39, 0.29) is 12.5 Å². The van der Waals surface area contributed by atoms with Crippen LogP contribution in [0.25, 0.3) is 0 Å². The molecule has 72 heavy (non-hydrogen) atoms. The zero-order valence-corrected chi connectivity index (χ0v) is 46.2. The molecule has 9 heteroatoms. The van der Waals surface area contributed by atoms with Crippen LogP contribution in [0.4, 0.5) is 0 Å². The van der Waals surface area contributed by atoms with Gasteiger partial charge in [-0.15, -0.1) is 0 Å². The number of ether oxygens (including phenoxy) is 2. The summed E-state index contributed by atoms with van der Waals surface area (Å²) in [4.78, 5) is 13.0. The molecule has 1 aliphatic heterocycles. The van der Waals surface area contributed by atoms with Gasteiger partial charge in [0.2, 0.25) is 5.91 Å². The Morgan fingerprint density at radius 2 is 0.861 bits per heavy atom. The van der Waals surface area contributed by atoms with Crippen LogP contribution in [0.2, 0.25) is 0 Å². The van der Waals surface area contributed by atoms with Crippen molar-refractivity contribution in [2.45, 2.75) is 294 Å². The molecule has 1 saturated heterocycles. The molecule has 1 aliphatic rings. The minimum atomic E-state index is -1.57. The van der Waals surface area contributed by atoms with Gasteiger partial charge < -0.3 is 40.3 Å². The molecule has 0 aliphatic carbocycles. The Bertz CT molecular complexity index is 1400. The maximum Gasteiger partial charge on any atom is 0.220 e. The van der Waals surface area contributed by atoms with Crippen LogP contribution in [0, 0.1) is 0 Å². The number of carbonyl (C=O) groups excluding carboxylic acids is 1. The molecular formula is C63H111NO8. The Morgan fingerprint density at radius 1 is 0.486 bits per heavy atom. The van der Waals surface area contributed by atoms with Gasteiger partial charge in [0.05, 0.1) is 25.4 Å². The largest absolute Gasteiger partial charge is 0.394 e. The molecule has 0 aromatic carbocycles. The summed E-state index contributed by atoms with van der Waals surface area (Å²) in [6.07, 6.45) is 66.8. The smallest absolute Gasteiger partial charge is 0.220 e. The lowest BCUT2D eigenvalue weighted by Crippen LogP contribution is -2.60. The van der Waals surface area contributed by atoms with E-state index in [9.17, 15) is 30.3 Å². The zero-order chi connectivity index (χ0) is 52.2. The van der Waals surface area contributed by atoms with Gasteiger partial charge in [-0.2, -0.15) is 0 Å². The number of carbonyl (C=O) groups is 1. The molecule has 1 heterocycles. The van der Waals surface area contributed by atoms with Crippen LogP contribution in [0.15, 0.2) is 85.1 Å². The van der Waals surface area contributed by atoms with E-state index in [1.807, 2.05) is 6.08 Å². The van der Waals surface area contributed by atoms with Gasteiger partial charge in [0, 0.05) is 6.42 Å². The van der Waals surface area contributed by atoms with Crippen LogP contribution in [0.3, 0.4) is 0 Å². The Balaban J connectivity index is 2.04. The summed E-state index contributed by atoms with van der Waals surface area (Å²) >= 11 is 0. The third-order valence-corrected chi connectivity index (χ3v) is 13.7. The lowest BCUT2D eigenvalue weighted by atomic mass is 9.99. The molecule has 6 N–H and O–H groups in total. The minimum Gasteiger partial charge on any atom is -0.394 e. The fourth-order valence-corrected chi connectivity index (χ4v) is 9.04. The van der Waals surface area contributed by atoms with E-state index in [0.29, 0.717) is 6.42 Å². The highest BCUT2D eigenvalue weighted by molar-refractivity contribution is 5.76. The van der Waals surface area contributed by atoms with E-state index >= 15 is 0 Å². The minimum absolute atomic E-state index is 0.178. The first kappa shape index (κ1) is 67.4. The number of hydrogen-bond acceptors (Lipinski definition) is 8. The van der Waals surface area contributed by atoms with Crippen molar-refractivity contribution in [3.05, 3.63) is 85.1 Å². The summed E-state index contributed by atoms with van der Waals surface area (Å²) in [5, 5.41) is 54.3. The van der Waals surface area contributed by atoms with E-state index in [0.717, 1.165) is 77.0 Å². The number of hydrogen-bond donors (Lipinski definition) is 6. The molecule has 9 nitrogen and oxygen atoms in total. The summed E-state index contributed by atoms with van der Waals surface area (Å²) in [5.41, 5.74) is 0. The van der Waals surface area contributed by atoms with Gasteiger partial charge in [-0.1, -0.05) is 259 Å². The highest BCUT2D eigenvalue weighted by Crippen LogP contribution is 2.23. The molecule has 0 aromatic rings. The standard InChI is InChI=1S/C63H111NO8/c1-3-5-7-9-11-13-15-16-17-18-19-20-21-22-23-24-25-26-27-28-29-30-31-32-33-34-35-36-37-38-39-40-41-42-43-45-47-49-51-53-59(67)64-56(55-71-63-62(70)61(69)60(68)58(54-65)72-63)57(66)52-50-48-46-44-14-12-10-8-6-4-2/h5,7,11,13,16-17,19-20,22-23,25-26,50,52,56-58,60-63,65-66,68-70H,3-4,6,8-10,12,14-15,18,21,24,27-49,51,53-55H2,1-2H3,(H,64,67)/b7-5-,13-11-,17-16-,20-19-,23-22-,26-25-,52-50+. The Morgan fingerprint density at radius 3 is 1.28 bits per heavy atom. The molecule has 7 unspecified atom stereocenters. The number of rotatable bonds is 50. The average Bonchev–Trinajstić information content (AvgIpc) is 3.38. The summed E-state index contributed by atoms with van der Waals surface area (Å²) in [7, 11) is 0. The molecular weight excluding hydrogens is 899 g/mol. The van der Waals surface area contributed by atoms with Crippen molar-refractivity contribution in [2.75, 3.05) is 13.2 Å². The number of aliphatic hydroxyl groups is 5. The monoisotopic (exact) mass is 1010 g/mol. The molecule has 1 amide bonds. The summed E-state index contributed by atoms with van der Waals surface area (Å²) < 4.78 is 11.2. The van der Waals surface area contributed by atoms with Crippen molar-refractivity contribution in [1.82, 2.24) is 5.32 Å². The van der Waals surface area contributed by atoms with Crippen LogP contribution in [-0.4, -0.2) is 87.5 Å². The number of nitrogens with one attached hydrogen (secondary N) is 1. The van der Waals surface area contributed by atoms with Crippen molar-refractivity contribution < 1.29 is 39.8 Å². The third kappa shape index (κ3) is 40.7. The second kappa shape index (κ2) is 51.8. The van der Waals surface area contributed by atoms with E-state index in [2.05, 4.69) is 92.1 Å². The second-order valence-corrected chi connectivity index (χ2v) is 20.4. The van der Waals surface area contributed by atoms with Crippen LogP contribution < -0.4 is 5.32 Å². The summed E-state index contributed by atoms with van der Waals surface area (Å²) in [6, 6.07) is -0.804. The number of unbranched alkanes of at least 4 members (excludes halogenated alkanes) is 28. The quantitative estimate of drug-likeness (QED) is 0.0261. The molecule has 0 spiro atoms. The molecule has 0 bridgehead atoms. The van der Waals surface area contributed by atoms with Crippen molar-refractivity contribution in [3.8, 4) is 0 Å². The van der Waals surface area contributed by atoms with E-state index in [1.54, 1.807) is 6.08 Å². The van der Waals surface area contributed by atoms with Crippen molar-refractivity contribution >= 4 is 5.91 Å². The molecule has 1 fully saturated rings. The lowest BCUT2D eigenvalue weighted by Gasteiger charge is -2.40. The molecule has 1 rings (SSSR count). The first-order valence-electron chi connectivity index (χ1n) is 29.8. The topological polar surface area (TPSA) is 149 Å². The number of aliphatic hydroxyl groups excluding tert-OH is 5. The van der Waals surface area contributed by atoms with Crippen molar-refractivity contribution in [1.29, 1.82) is 0 Å². The normalized spacial score (nSPS) is 19.8. The van der Waals surface area contributed by atoms with Crippen molar-refractivity contribution in [3.63, 3.8) is 0 Å². The first-order chi connectivity index (χ1) is 35.3. The molecule has 0 saturated carbocycles. The van der Waals surface area contributed by atoms with Crippen LogP contribution in [0.5, 0.6) is 0 Å². The van der Waals surface area contributed by atoms with Gasteiger partial charge in [-0.3, -0.25) is 4.79 Å². The molecule has 0 radical (unpaired) electrons. The van der Waals surface area contributed by atoms with E-state index < -0.39 is 49.5 Å². The van der Waals surface area contributed by atoms with Crippen molar-refractivity contribution in [2.24, 2.45) is 0 Å². The second-order valence-electron chi connectivity index (χ2n) is 20.4. The fourth-order valence-electron chi connectivity index (χ4n) is 9.04. The highest BCUT2D eigenvalue weighted by atomic mass is 16.7. The predicted molar refractivity (Wildman–Crippen MR) is 304 cm³/mol. The van der Waals surface area contributed by atoms with Crippen LogP contribution in [-0.2, 0) is 14.3 Å². The van der Waals surface area contributed by atoms with Gasteiger partial charge in [0.1, 0.15) is 24.4 Å². The molecule has 416 valence electrons. The summed E-state index contributed by atoms with van der Waals surface area (Å²) in [5.74, 6) is -0.178. The molecule has 0 aromatic heterocycles. The van der Waals surface area contributed by atoms with Gasteiger partial charge in [-0.25, -0.2) is 0 Å². The Kier molecular flexibility index (Phi) is 48.5. The van der Waals surface area contributed by atoms with Gasteiger partial charge >= 0.3 is 0 Å². The molecule has 7 atom stereocenters. The van der Waals surface area contributed by atoms with Gasteiger partial charge in [-0.05, 0) is 70.6 Å². The Labute approximate surface area is 441 Å². The SMILES string of the molecule is CC/C=C\C/C=C\C/C=C\C/C=C\C/C=C\C/C=C\CCCCCCCCCCCCCCCCCCCCCCC(=O)NC(COC1OC(CO)C(O)C(O)C1O)C(O)/C=C/CCCCCCCCCC. The maximum absolute atomic E-state index is 13.0. The average molecular weight is 1010 g/mol. The zero-order valence-electron chi connectivity index (χ0n) is 46.2. The lowest BCUT2D eigenvalue weighted by molar-refractivity contribution is -0.302. The fraction of sp³-hybridized carbons (Fsp3) is 0.762. The third-order valence-electron chi connectivity index (χ3n) is 13.7. The summed E-state index contributed by atoms with van der Waals surface area (Å²) in [6.45, 7) is 3.64. The first-order valence-corrected chi connectivity index (χ1v) is 29.8. The van der Waals surface area contributed by atoms with Gasteiger partial charge in [0.15, 0.2) is 6.29 Å². The maximum atomic E-state index is 13.0. The van der Waals surface area contributed by atoms with Crippen LogP contribution in [0.1, 0.15) is 251 Å². The van der Waals surface area contributed by atoms with Crippen LogP contribution >= 0.6 is 0 Å². The van der Waals surface area contributed by atoms with E-state index in [1.165, 1.54) is 154 Å². The Hall–Kier alpha value is -2.63. The predicted octanol–water partition coefficient (Wildman–Crippen LogP) is 15.0. The van der Waals surface area contributed by atoms with E-state index in [4.69, 9.17) is 9.47 Å². The van der Waals surface area contributed by atoms with Gasteiger partial charge in [0.25, 0.3) is 0 Å². The number of allylic oxidation sites excluding steroid dienone is 13. The highest BCUT2D eigenvalue weighted by Gasteiger charge is 2.44. The number of amides is 1.